The van der Waals surface area contributed by atoms with E-state index in [0.717, 1.165) is 48.8 Å². The lowest BCUT2D eigenvalue weighted by atomic mass is 10.0. The van der Waals surface area contributed by atoms with Gasteiger partial charge in [0.2, 0.25) is 10.0 Å². The average molecular weight is 468 g/mol. The molecule has 1 aromatic rings. The number of methoxy groups -OCH3 is 1. The molecule has 33 heavy (non-hydrogen) atoms. The minimum Gasteiger partial charge on any atom is -0.465 e. The van der Waals surface area contributed by atoms with E-state index in [1.165, 1.54) is 12.7 Å². The van der Waals surface area contributed by atoms with Gasteiger partial charge in [0.05, 0.1) is 17.6 Å². The molecule has 1 N–H and O–H groups in total. The number of fused-ring (bicyclic) bond motifs is 1. The van der Waals surface area contributed by atoms with Crippen molar-refractivity contribution in [1.29, 1.82) is 0 Å². The van der Waals surface area contributed by atoms with Gasteiger partial charge in [0.25, 0.3) is 0 Å². The van der Waals surface area contributed by atoms with Gasteiger partial charge < -0.3 is 4.74 Å². The molecule has 1 aromatic carbocycles. The average Bonchev–Trinajstić information content (AvgIpc) is 3.00. The van der Waals surface area contributed by atoms with Crippen LogP contribution in [0.15, 0.2) is 65.6 Å². The van der Waals surface area contributed by atoms with Crippen LogP contribution in [0, 0.1) is 0 Å². The molecule has 0 aliphatic heterocycles. The number of carbonyl (C=O) groups excluding carboxylic acids is 1. The fraction of sp³-hybridized carbons (Fsp3) is 0.370. The fourth-order valence-electron chi connectivity index (χ4n) is 3.99. The molecule has 0 atom stereocenters. The summed E-state index contributed by atoms with van der Waals surface area (Å²) in [4.78, 5) is 12.6. The molecule has 5 nitrogen and oxygen atoms in total. The topological polar surface area (TPSA) is 72.5 Å². The maximum atomic E-state index is 12.3. The first-order chi connectivity index (χ1) is 15.8. The smallest absolute Gasteiger partial charge is 0.338 e. The van der Waals surface area contributed by atoms with Crippen LogP contribution in [0.3, 0.4) is 0 Å². The molecule has 0 unspecified atom stereocenters. The van der Waals surface area contributed by atoms with Crippen molar-refractivity contribution < 1.29 is 17.9 Å². The number of unbranched alkanes of at least 4 members (excludes halogenated alkanes) is 3. The predicted molar refractivity (Wildman–Crippen MR) is 132 cm³/mol. The normalized spacial score (nSPS) is 11.8. The minimum atomic E-state index is -3.44. The van der Waals surface area contributed by atoms with Crippen LogP contribution >= 0.6 is 0 Å². The number of aryl methyl sites for hydroxylation is 1. The predicted octanol–water partition coefficient (Wildman–Crippen LogP) is 5.78. The first-order valence-corrected chi connectivity index (χ1v) is 13.0. The molecule has 0 amide bonds. The Labute approximate surface area is 197 Å². The molecule has 2 aliphatic carbocycles. The van der Waals surface area contributed by atoms with Crippen molar-refractivity contribution in [3.63, 3.8) is 0 Å². The molecule has 0 saturated heterocycles. The summed E-state index contributed by atoms with van der Waals surface area (Å²) < 4.78 is 32.2. The third-order valence-corrected chi connectivity index (χ3v) is 7.40. The van der Waals surface area contributed by atoms with Crippen molar-refractivity contribution in [3.05, 3.63) is 77.4 Å². The van der Waals surface area contributed by atoms with Gasteiger partial charge in [0, 0.05) is 6.54 Å². The summed E-state index contributed by atoms with van der Waals surface area (Å²) in [5.41, 5.74) is 5.02. The van der Waals surface area contributed by atoms with Gasteiger partial charge in [-0.3, -0.25) is 0 Å². The van der Waals surface area contributed by atoms with Gasteiger partial charge in [-0.2, -0.15) is 0 Å². The van der Waals surface area contributed by atoms with Crippen molar-refractivity contribution in [2.24, 2.45) is 0 Å². The van der Waals surface area contributed by atoms with Crippen LogP contribution in [-0.4, -0.2) is 28.0 Å². The molecule has 0 spiro atoms. The largest absolute Gasteiger partial charge is 0.465 e. The molecule has 0 saturated carbocycles. The molecule has 0 radical (unpaired) electrons. The van der Waals surface area contributed by atoms with Crippen molar-refractivity contribution in [2.75, 3.05) is 13.7 Å². The SMILES string of the molecule is COC(=O)c1cc(CCCCCCNS(=O)(=O)c2ccccc2)c2ccc(C(C)C)ccc1-2. The number of hydrogen-bond acceptors (Lipinski definition) is 4. The number of sulfonamides is 1. The zero-order valence-corrected chi connectivity index (χ0v) is 20.5. The molecular weight excluding hydrogens is 434 g/mol. The van der Waals surface area contributed by atoms with Crippen molar-refractivity contribution in [1.82, 2.24) is 4.72 Å². The Kier molecular flexibility index (Phi) is 8.64. The highest BCUT2D eigenvalue weighted by Crippen LogP contribution is 2.34. The number of rotatable bonds is 11. The van der Waals surface area contributed by atoms with Crippen LogP contribution in [0.2, 0.25) is 0 Å². The van der Waals surface area contributed by atoms with Gasteiger partial charge in [0.1, 0.15) is 0 Å². The number of benzene rings is 1. The fourth-order valence-corrected chi connectivity index (χ4v) is 5.09. The van der Waals surface area contributed by atoms with E-state index in [-0.39, 0.29) is 5.97 Å². The zero-order valence-electron chi connectivity index (χ0n) is 19.6. The summed E-state index contributed by atoms with van der Waals surface area (Å²) in [5.74, 6) is 0.0973. The van der Waals surface area contributed by atoms with Crippen molar-refractivity contribution in [3.8, 4) is 11.1 Å². The Bertz CT molecular complexity index is 1140. The third-order valence-electron chi connectivity index (χ3n) is 5.92. The van der Waals surface area contributed by atoms with Gasteiger partial charge in [-0.15, -0.1) is 0 Å². The second-order valence-corrected chi connectivity index (χ2v) is 10.4. The summed E-state index contributed by atoms with van der Waals surface area (Å²) in [6.07, 6.45) is 4.55. The standard InChI is InChI=1S/C27H33NO4S/c1-20(2)21-14-16-24-22(19-26(27(29)32-3)25(24)17-15-21)11-7-4-5-10-18-28-33(30,31)23-12-8-6-9-13-23/h6,8-9,12-17,19-20,28H,4-5,7,10-11,18H2,1-3H3. The van der Waals surface area contributed by atoms with Gasteiger partial charge in [-0.1, -0.05) is 69.2 Å². The van der Waals surface area contributed by atoms with E-state index < -0.39 is 10.0 Å². The third kappa shape index (κ3) is 6.42. The van der Waals surface area contributed by atoms with E-state index in [4.69, 9.17) is 4.74 Å². The number of carbonyl (C=O) groups is 1. The van der Waals surface area contributed by atoms with Crippen molar-refractivity contribution >= 4 is 16.0 Å². The van der Waals surface area contributed by atoms with Gasteiger partial charge in [0.15, 0.2) is 0 Å². The Morgan fingerprint density at radius 3 is 2.24 bits per heavy atom. The lowest BCUT2D eigenvalue weighted by Crippen LogP contribution is -2.24. The van der Waals surface area contributed by atoms with E-state index in [1.54, 1.807) is 30.3 Å². The van der Waals surface area contributed by atoms with Gasteiger partial charge >= 0.3 is 5.97 Å². The first-order valence-electron chi connectivity index (χ1n) is 11.5. The second kappa shape index (κ2) is 11.4. The first kappa shape index (κ1) is 24.9. The molecule has 0 aromatic heterocycles. The minimum absolute atomic E-state index is 0.295. The molecule has 2 aliphatic rings. The summed E-state index contributed by atoms with van der Waals surface area (Å²) >= 11 is 0. The van der Waals surface area contributed by atoms with Crippen LogP contribution in [-0.2, 0) is 21.2 Å². The van der Waals surface area contributed by atoms with E-state index >= 15 is 0 Å². The number of ether oxygens (including phenoxy) is 1. The lowest BCUT2D eigenvalue weighted by Gasteiger charge is -2.07. The van der Waals surface area contributed by atoms with Crippen LogP contribution in [0.1, 0.15) is 66.9 Å². The van der Waals surface area contributed by atoms with Crippen LogP contribution in [0.5, 0.6) is 0 Å². The maximum absolute atomic E-state index is 12.3. The van der Waals surface area contributed by atoms with Crippen molar-refractivity contribution in [2.45, 2.75) is 56.8 Å². The maximum Gasteiger partial charge on any atom is 0.338 e. The molecule has 0 bridgehead atoms. The monoisotopic (exact) mass is 467 g/mol. The second-order valence-electron chi connectivity index (χ2n) is 8.60. The highest BCUT2D eigenvalue weighted by molar-refractivity contribution is 7.89. The molecule has 3 rings (SSSR count). The Morgan fingerprint density at radius 1 is 0.909 bits per heavy atom. The number of esters is 1. The zero-order chi connectivity index (χ0) is 23.8. The summed E-state index contributed by atoms with van der Waals surface area (Å²) in [6, 6.07) is 18.7. The van der Waals surface area contributed by atoms with Gasteiger partial charge in [-0.05, 0) is 65.6 Å². The molecule has 176 valence electrons. The van der Waals surface area contributed by atoms with E-state index in [0.29, 0.717) is 22.9 Å². The van der Waals surface area contributed by atoms with E-state index in [2.05, 4.69) is 36.8 Å². The summed E-state index contributed by atoms with van der Waals surface area (Å²) in [6.45, 7) is 4.74. The number of hydrogen-bond donors (Lipinski definition) is 1. The Balaban J connectivity index is 1.55. The Morgan fingerprint density at radius 2 is 1.58 bits per heavy atom. The van der Waals surface area contributed by atoms with E-state index in [1.807, 2.05) is 12.1 Å². The molecule has 0 fully saturated rings. The highest BCUT2D eigenvalue weighted by Gasteiger charge is 2.20. The molecule has 0 heterocycles. The Hall–Kier alpha value is -2.70. The van der Waals surface area contributed by atoms with Crippen LogP contribution in [0.4, 0.5) is 0 Å². The molecular formula is C27H33NO4S. The highest BCUT2D eigenvalue weighted by atomic mass is 32.2. The van der Waals surface area contributed by atoms with E-state index in [9.17, 15) is 13.2 Å². The van der Waals surface area contributed by atoms with Crippen LogP contribution in [0.25, 0.3) is 11.1 Å². The molecule has 6 heteroatoms. The quantitative estimate of drug-likeness (QED) is 0.286. The number of nitrogens with one attached hydrogen (secondary N) is 1. The summed E-state index contributed by atoms with van der Waals surface area (Å²) in [7, 11) is -2.03. The van der Waals surface area contributed by atoms with Crippen LogP contribution < -0.4 is 4.72 Å². The lowest BCUT2D eigenvalue weighted by molar-refractivity contribution is 0.0602. The summed E-state index contributed by atoms with van der Waals surface area (Å²) in [5, 5.41) is 0. The van der Waals surface area contributed by atoms with Gasteiger partial charge in [-0.25, -0.2) is 17.9 Å².